The molecule has 1 saturated heterocycles. The van der Waals surface area contributed by atoms with Crippen molar-refractivity contribution in [1.82, 2.24) is 9.55 Å². The van der Waals surface area contributed by atoms with E-state index in [1.54, 1.807) is 26.4 Å². The summed E-state index contributed by atoms with van der Waals surface area (Å²) in [6.45, 7) is 3.30. The minimum absolute atomic E-state index is 0.0752. The summed E-state index contributed by atoms with van der Waals surface area (Å²) in [5.74, 6) is 0.736. The molecule has 5 heteroatoms. The first kappa shape index (κ1) is 11.1. The summed E-state index contributed by atoms with van der Waals surface area (Å²) in [4.78, 5) is 17.9. The van der Waals surface area contributed by atoms with Crippen LogP contribution < -0.4 is 10.5 Å². The van der Waals surface area contributed by atoms with Crippen LogP contribution in [0, 0.1) is 5.92 Å². The number of aryl methyl sites for hydroxylation is 1. The molecule has 88 valence electrons. The molecule has 2 rings (SSSR count). The van der Waals surface area contributed by atoms with Gasteiger partial charge in [-0.3, -0.25) is 4.79 Å². The molecule has 0 radical (unpaired) electrons. The average molecular weight is 223 g/mol. The fraction of sp³-hybridized carbons (Fsp3) is 0.636. The van der Waals surface area contributed by atoms with E-state index in [0.717, 1.165) is 13.0 Å². The highest BCUT2D eigenvalue weighted by Crippen LogP contribution is 2.21. The highest BCUT2D eigenvalue weighted by Gasteiger charge is 2.28. The zero-order chi connectivity index (χ0) is 11.7. The highest BCUT2D eigenvalue weighted by molar-refractivity contribution is 5.37. The number of anilines is 1. The number of aliphatic hydroxyl groups excluding tert-OH is 1. The second kappa shape index (κ2) is 4.25. The highest BCUT2D eigenvalue weighted by atomic mass is 16.3. The zero-order valence-electron chi connectivity index (χ0n) is 9.63. The first-order chi connectivity index (χ1) is 7.59. The van der Waals surface area contributed by atoms with E-state index in [1.165, 1.54) is 4.57 Å². The Morgan fingerprint density at radius 2 is 2.38 bits per heavy atom. The Labute approximate surface area is 94.3 Å². The molecule has 2 unspecified atom stereocenters. The first-order valence-corrected chi connectivity index (χ1v) is 5.54. The van der Waals surface area contributed by atoms with E-state index < -0.39 is 0 Å². The van der Waals surface area contributed by atoms with Crippen molar-refractivity contribution < 1.29 is 5.11 Å². The summed E-state index contributed by atoms with van der Waals surface area (Å²) >= 11 is 0. The average Bonchev–Trinajstić information content (AvgIpc) is 2.71. The lowest BCUT2D eigenvalue weighted by molar-refractivity contribution is 0.136. The normalized spacial score (nSPS) is 22.4. The van der Waals surface area contributed by atoms with Gasteiger partial charge in [-0.15, -0.1) is 0 Å². The molecule has 0 spiro atoms. The van der Waals surface area contributed by atoms with Gasteiger partial charge in [0, 0.05) is 38.4 Å². The van der Waals surface area contributed by atoms with Gasteiger partial charge < -0.3 is 14.6 Å². The minimum Gasteiger partial charge on any atom is -0.393 e. The van der Waals surface area contributed by atoms with Gasteiger partial charge in [-0.2, -0.15) is 0 Å². The van der Waals surface area contributed by atoms with Gasteiger partial charge in [-0.25, -0.2) is 4.98 Å². The predicted octanol–water partition coefficient (Wildman–Crippen LogP) is -0.0126. The number of hydrogen-bond acceptors (Lipinski definition) is 4. The molecule has 1 N–H and O–H groups in total. The third-order valence-electron chi connectivity index (χ3n) is 3.21. The molecule has 1 aliphatic heterocycles. The summed E-state index contributed by atoms with van der Waals surface area (Å²) in [5.41, 5.74) is -0.0752. The van der Waals surface area contributed by atoms with Crippen LogP contribution in [0.15, 0.2) is 17.2 Å². The molecule has 1 fully saturated rings. The fourth-order valence-electron chi connectivity index (χ4n) is 2.07. The van der Waals surface area contributed by atoms with E-state index in [1.807, 2.05) is 4.90 Å². The molecule has 0 bridgehead atoms. The van der Waals surface area contributed by atoms with Gasteiger partial charge in [0.2, 0.25) is 0 Å². The third-order valence-corrected chi connectivity index (χ3v) is 3.21. The summed E-state index contributed by atoms with van der Waals surface area (Å²) < 4.78 is 1.53. The fourth-order valence-corrected chi connectivity index (χ4v) is 2.07. The van der Waals surface area contributed by atoms with E-state index in [4.69, 9.17) is 0 Å². The molecular formula is C11H17N3O2. The molecule has 0 aromatic carbocycles. The second-order valence-electron chi connectivity index (χ2n) is 4.40. The Balaban J connectivity index is 2.21. The van der Waals surface area contributed by atoms with Gasteiger partial charge in [0.15, 0.2) is 5.82 Å². The van der Waals surface area contributed by atoms with Gasteiger partial charge in [0.05, 0.1) is 6.10 Å². The van der Waals surface area contributed by atoms with Crippen LogP contribution in [0.3, 0.4) is 0 Å². The Morgan fingerprint density at radius 1 is 1.62 bits per heavy atom. The molecule has 0 saturated carbocycles. The van der Waals surface area contributed by atoms with Crippen molar-refractivity contribution in [3.8, 4) is 0 Å². The van der Waals surface area contributed by atoms with E-state index in [2.05, 4.69) is 4.98 Å². The zero-order valence-corrected chi connectivity index (χ0v) is 9.63. The predicted molar refractivity (Wildman–Crippen MR) is 61.5 cm³/mol. The van der Waals surface area contributed by atoms with Crippen molar-refractivity contribution in [3.63, 3.8) is 0 Å². The van der Waals surface area contributed by atoms with Gasteiger partial charge in [0.25, 0.3) is 5.56 Å². The smallest absolute Gasteiger partial charge is 0.293 e. The number of hydrogen-bond donors (Lipinski definition) is 1. The maximum atomic E-state index is 11.8. The van der Waals surface area contributed by atoms with Crippen LogP contribution in [-0.4, -0.2) is 33.9 Å². The van der Waals surface area contributed by atoms with Crippen LogP contribution in [0.1, 0.15) is 13.3 Å². The molecular weight excluding hydrogens is 206 g/mol. The topological polar surface area (TPSA) is 58.4 Å². The Hall–Kier alpha value is -1.36. The molecule has 1 aromatic rings. The van der Waals surface area contributed by atoms with E-state index in [-0.39, 0.29) is 17.6 Å². The lowest BCUT2D eigenvalue weighted by atomic mass is 10.0. The van der Waals surface area contributed by atoms with Crippen molar-refractivity contribution in [2.45, 2.75) is 19.4 Å². The Kier molecular flexibility index (Phi) is 2.96. The van der Waals surface area contributed by atoms with Crippen molar-refractivity contribution in [1.29, 1.82) is 0 Å². The Bertz CT molecular complexity index is 427. The standard InChI is InChI=1S/C11H17N3O2/c1-8(15)9-3-5-14(7-9)10-11(16)13(2)6-4-12-10/h4,6,8-9,15H,3,5,7H2,1-2H3. The van der Waals surface area contributed by atoms with Crippen LogP contribution in [0.5, 0.6) is 0 Å². The van der Waals surface area contributed by atoms with Crippen molar-refractivity contribution in [2.24, 2.45) is 13.0 Å². The number of rotatable bonds is 2. The molecule has 1 aliphatic rings. The van der Waals surface area contributed by atoms with Gasteiger partial charge >= 0.3 is 0 Å². The van der Waals surface area contributed by atoms with Crippen molar-refractivity contribution in [3.05, 3.63) is 22.7 Å². The molecule has 0 amide bonds. The minimum atomic E-state index is -0.322. The number of aliphatic hydroxyl groups is 1. The number of nitrogens with zero attached hydrogens (tertiary/aromatic N) is 3. The van der Waals surface area contributed by atoms with Gasteiger partial charge in [0.1, 0.15) is 0 Å². The Morgan fingerprint density at radius 3 is 3.00 bits per heavy atom. The maximum Gasteiger partial charge on any atom is 0.293 e. The van der Waals surface area contributed by atoms with Crippen LogP contribution in [0.4, 0.5) is 5.82 Å². The van der Waals surface area contributed by atoms with Crippen molar-refractivity contribution >= 4 is 5.82 Å². The molecule has 2 atom stereocenters. The van der Waals surface area contributed by atoms with Crippen molar-refractivity contribution in [2.75, 3.05) is 18.0 Å². The first-order valence-electron chi connectivity index (χ1n) is 5.54. The van der Waals surface area contributed by atoms with Crippen LogP contribution in [0.2, 0.25) is 0 Å². The summed E-state index contributed by atoms with van der Waals surface area (Å²) in [7, 11) is 1.72. The maximum absolute atomic E-state index is 11.8. The lowest BCUT2D eigenvalue weighted by Crippen LogP contribution is -2.31. The third kappa shape index (κ3) is 1.95. The molecule has 0 aliphatic carbocycles. The van der Waals surface area contributed by atoms with Crippen LogP contribution >= 0.6 is 0 Å². The molecule has 5 nitrogen and oxygen atoms in total. The largest absolute Gasteiger partial charge is 0.393 e. The second-order valence-corrected chi connectivity index (χ2v) is 4.40. The van der Waals surface area contributed by atoms with Gasteiger partial charge in [-0.05, 0) is 13.3 Å². The lowest BCUT2D eigenvalue weighted by Gasteiger charge is -2.18. The molecule has 1 aromatic heterocycles. The van der Waals surface area contributed by atoms with Crippen LogP contribution in [-0.2, 0) is 7.05 Å². The molecule has 2 heterocycles. The molecule has 16 heavy (non-hydrogen) atoms. The summed E-state index contributed by atoms with van der Waals surface area (Å²) in [6.07, 6.45) is 3.87. The van der Waals surface area contributed by atoms with E-state index in [0.29, 0.717) is 12.4 Å². The van der Waals surface area contributed by atoms with Crippen LogP contribution in [0.25, 0.3) is 0 Å². The van der Waals surface area contributed by atoms with E-state index in [9.17, 15) is 9.90 Å². The monoisotopic (exact) mass is 223 g/mol. The number of aromatic nitrogens is 2. The summed E-state index contributed by atoms with van der Waals surface area (Å²) in [5, 5.41) is 9.51. The quantitative estimate of drug-likeness (QED) is 0.766. The SMILES string of the molecule is CC(O)C1CCN(c2nccn(C)c2=O)C1. The summed E-state index contributed by atoms with van der Waals surface area (Å²) in [6, 6.07) is 0. The van der Waals surface area contributed by atoms with E-state index >= 15 is 0 Å². The van der Waals surface area contributed by atoms with Gasteiger partial charge in [-0.1, -0.05) is 0 Å².